The molecule has 2 aromatic rings. The number of halogens is 2. The van der Waals surface area contributed by atoms with Crippen LogP contribution in [0.5, 0.6) is 0 Å². The van der Waals surface area contributed by atoms with E-state index in [1.807, 2.05) is 0 Å². The van der Waals surface area contributed by atoms with Gasteiger partial charge in [-0.1, -0.05) is 17.7 Å². The molecule has 1 heterocycles. The van der Waals surface area contributed by atoms with Crippen molar-refractivity contribution < 1.29 is 12.9 Å². The minimum absolute atomic E-state index is 0.0561. The van der Waals surface area contributed by atoms with Gasteiger partial charge in [-0.15, -0.1) is 0 Å². The van der Waals surface area contributed by atoms with Gasteiger partial charge < -0.3 is 4.52 Å². The Kier molecular flexibility index (Phi) is 3.47. The number of benzene rings is 1. The average Bonchev–Trinajstić information content (AvgIpc) is 3.10. The maximum atomic E-state index is 12.3. The molecule has 0 bridgehead atoms. The predicted molar refractivity (Wildman–Crippen MR) is 76.2 cm³/mol. The first kappa shape index (κ1) is 13.8. The summed E-state index contributed by atoms with van der Waals surface area (Å²) in [6, 6.07) is 4.73. The van der Waals surface area contributed by atoms with E-state index in [2.05, 4.69) is 30.8 Å². The van der Waals surface area contributed by atoms with Gasteiger partial charge >= 0.3 is 0 Å². The lowest BCUT2D eigenvalue weighted by atomic mass is 10.4. The summed E-state index contributed by atoms with van der Waals surface area (Å²) in [7, 11) is -3.88. The van der Waals surface area contributed by atoms with Crippen LogP contribution >= 0.6 is 27.5 Å². The van der Waals surface area contributed by atoms with E-state index in [0.717, 1.165) is 12.8 Å². The molecule has 1 aliphatic rings. The van der Waals surface area contributed by atoms with Crippen molar-refractivity contribution in [1.82, 2.24) is 10.1 Å². The van der Waals surface area contributed by atoms with Gasteiger partial charge in [0, 0.05) is 10.4 Å². The molecule has 0 amide bonds. The molecule has 1 aromatic carbocycles. The number of nitrogens with one attached hydrogen (secondary N) is 1. The van der Waals surface area contributed by atoms with Gasteiger partial charge in [0.2, 0.25) is 5.89 Å². The molecule has 0 spiro atoms. The molecule has 1 aliphatic carbocycles. The molecule has 1 fully saturated rings. The quantitative estimate of drug-likeness (QED) is 0.883. The second-order valence-corrected chi connectivity index (χ2v) is 7.27. The Balaban J connectivity index is 1.91. The van der Waals surface area contributed by atoms with E-state index >= 15 is 0 Å². The monoisotopic (exact) mass is 377 g/mol. The number of rotatable bonds is 4. The van der Waals surface area contributed by atoms with Gasteiger partial charge in [0.15, 0.2) is 0 Å². The highest BCUT2D eigenvalue weighted by atomic mass is 79.9. The van der Waals surface area contributed by atoms with Gasteiger partial charge in [0.25, 0.3) is 16.0 Å². The molecule has 1 saturated carbocycles. The molecular weight excluding hydrogens is 370 g/mol. The first-order chi connectivity index (χ1) is 9.47. The van der Waals surface area contributed by atoms with Crippen LogP contribution in [0.4, 0.5) is 5.95 Å². The van der Waals surface area contributed by atoms with Crippen LogP contribution in [-0.2, 0) is 10.0 Å². The van der Waals surface area contributed by atoms with Crippen LogP contribution < -0.4 is 4.72 Å². The molecule has 20 heavy (non-hydrogen) atoms. The fourth-order valence-corrected chi connectivity index (χ4v) is 4.36. The third-order valence-electron chi connectivity index (χ3n) is 2.78. The summed E-state index contributed by atoms with van der Waals surface area (Å²) in [6.45, 7) is 0. The Morgan fingerprint density at radius 1 is 1.40 bits per heavy atom. The fraction of sp³-hybridized carbons (Fsp3) is 0.273. The Hall–Kier alpha value is -1.12. The van der Waals surface area contributed by atoms with Crippen LogP contribution in [0.25, 0.3) is 0 Å². The Morgan fingerprint density at radius 2 is 2.15 bits per heavy atom. The molecule has 6 nitrogen and oxygen atoms in total. The molecule has 0 atom stereocenters. The highest BCUT2D eigenvalue weighted by molar-refractivity contribution is 9.10. The van der Waals surface area contributed by atoms with Crippen LogP contribution in [0.15, 0.2) is 32.1 Å². The Labute approximate surface area is 128 Å². The van der Waals surface area contributed by atoms with Gasteiger partial charge in [-0.05, 0) is 46.1 Å². The van der Waals surface area contributed by atoms with Crippen molar-refractivity contribution in [3.05, 3.63) is 33.6 Å². The van der Waals surface area contributed by atoms with E-state index in [1.165, 1.54) is 6.07 Å². The average molecular weight is 379 g/mol. The van der Waals surface area contributed by atoms with Gasteiger partial charge in [-0.25, -0.2) is 13.1 Å². The lowest BCUT2D eigenvalue weighted by molar-refractivity contribution is 0.380. The molecule has 106 valence electrons. The minimum atomic E-state index is -3.88. The zero-order chi connectivity index (χ0) is 14.3. The van der Waals surface area contributed by atoms with Crippen molar-refractivity contribution in [2.75, 3.05) is 4.72 Å². The lowest BCUT2D eigenvalue weighted by Crippen LogP contribution is -2.15. The second kappa shape index (κ2) is 5.01. The third kappa shape index (κ3) is 2.68. The van der Waals surface area contributed by atoms with E-state index in [0.29, 0.717) is 10.4 Å². The number of anilines is 1. The molecule has 0 aliphatic heterocycles. The van der Waals surface area contributed by atoms with E-state index < -0.39 is 10.0 Å². The maximum Gasteiger partial charge on any atom is 0.277 e. The van der Waals surface area contributed by atoms with E-state index in [-0.39, 0.29) is 21.8 Å². The van der Waals surface area contributed by atoms with E-state index in [4.69, 9.17) is 16.1 Å². The van der Waals surface area contributed by atoms with E-state index in [1.54, 1.807) is 12.1 Å². The molecule has 0 saturated heterocycles. The summed E-state index contributed by atoms with van der Waals surface area (Å²) in [5, 5.41) is 3.72. The fourth-order valence-electron chi connectivity index (χ4n) is 1.68. The summed E-state index contributed by atoms with van der Waals surface area (Å²) in [6.07, 6.45) is 1.98. The second-order valence-electron chi connectivity index (χ2n) is 4.39. The molecule has 1 N–H and O–H groups in total. The molecule has 0 radical (unpaired) electrons. The van der Waals surface area contributed by atoms with Crippen LogP contribution in [0, 0.1) is 0 Å². The Bertz CT molecular complexity index is 738. The topological polar surface area (TPSA) is 85.1 Å². The van der Waals surface area contributed by atoms with Gasteiger partial charge in [-0.2, -0.15) is 4.98 Å². The van der Waals surface area contributed by atoms with Crippen molar-refractivity contribution in [2.45, 2.75) is 23.7 Å². The first-order valence-electron chi connectivity index (χ1n) is 5.78. The maximum absolute atomic E-state index is 12.3. The molecular formula is C11H9BrClN3O3S. The van der Waals surface area contributed by atoms with Crippen LogP contribution in [0.3, 0.4) is 0 Å². The van der Waals surface area contributed by atoms with Crippen molar-refractivity contribution in [3.63, 3.8) is 0 Å². The molecule has 3 rings (SSSR count). The smallest absolute Gasteiger partial charge is 0.277 e. The van der Waals surface area contributed by atoms with E-state index in [9.17, 15) is 8.42 Å². The number of sulfonamides is 1. The number of aromatic nitrogens is 2. The largest absolute Gasteiger partial charge is 0.337 e. The van der Waals surface area contributed by atoms with Crippen LogP contribution in [0.1, 0.15) is 24.7 Å². The highest BCUT2D eigenvalue weighted by Gasteiger charge is 2.31. The van der Waals surface area contributed by atoms with Crippen molar-refractivity contribution in [1.29, 1.82) is 0 Å². The summed E-state index contributed by atoms with van der Waals surface area (Å²) in [5.74, 6) is 0.632. The zero-order valence-electron chi connectivity index (χ0n) is 10.0. The molecule has 0 unspecified atom stereocenters. The van der Waals surface area contributed by atoms with Crippen molar-refractivity contribution in [2.24, 2.45) is 0 Å². The van der Waals surface area contributed by atoms with Crippen molar-refractivity contribution in [3.8, 4) is 0 Å². The Morgan fingerprint density at radius 3 is 2.80 bits per heavy atom. The number of nitrogens with zero attached hydrogens (tertiary/aromatic N) is 2. The lowest BCUT2D eigenvalue weighted by Gasteiger charge is -2.07. The highest BCUT2D eigenvalue weighted by Crippen LogP contribution is 2.39. The third-order valence-corrected chi connectivity index (χ3v) is 5.56. The summed E-state index contributed by atoms with van der Waals surface area (Å²) in [5.41, 5.74) is 0. The van der Waals surface area contributed by atoms with Crippen LogP contribution in [-0.4, -0.2) is 18.6 Å². The summed E-state index contributed by atoms with van der Waals surface area (Å²) < 4.78 is 32.2. The summed E-state index contributed by atoms with van der Waals surface area (Å²) in [4.78, 5) is 3.96. The SMILES string of the molecule is O=S(=O)(Nc1noc(C2CC2)n1)c1c(Cl)cccc1Br. The number of hydrogen-bond donors (Lipinski definition) is 1. The summed E-state index contributed by atoms with van der Waals surface area (Å²) >= 11 is 9.10. The normalized spacial score (nSPS) is 15.3. The standard InChI is InChI=1S/C11H9BrClN3O3S/c12-7-2-1-3-8(13)9(7)20(17,18)16-11-14-10(19-15-11)6-4-5-6/h1-3,6H,4-5H2,(H,15,16). The minimum Gasteiger partial charge on any atom is -0.337 e. The van der Waals surface area contributed by atoms with Crippen molar-refractivity contribution >= 4 is 43.5 Å². The number of hydrogen-bond acceptors (Lipinski definition) is 5. The molecule has 9 heteroatoms. The first-order valence-corrected chi connectivity index (χ1v) is 8.43. The van der Waals surface area contributed by atoms with Crippen LogP contribution in [0.2, 0.25) is 5.02 Å². The van der Waals surface area contributed by atoms with Gasteiger partial charge in [0.1, 0.15) is 4.90 Å². The molecule has 1 aromatic heterocycles. The van der Waals surface area contributed by atoms with Gasteiger partial charge in [-0.3, -0.25) is 0 Å². The zero-order valence-corrected chi connectivity index (χ0v) is 13.2. The predicted octanol–water partition coefficient (Wildman–Crippen LogP) is 3.16. The van der Waals surface area contributed by atoms with Gasteiger partial charge in [0.05, 0.1) is 5.02 Å².